The number of ether oxygens (including phenoxy) is 3. The monoisotopic (exact) mass is 385 g/mol. The summed E-state index contributed by atoms with van der Waals surface area (Å²) in [5.41, 5.74) is 1.59. The minimum Gasteiger partial charge on any atom is -0.497 e. The molecule has 2 aromatic rings. The van der Waals surface area contributed by atoms with Gasteiger partial charge in [-0.15, -0.1) is 0 Å². The number of thioether (sulfide) groups is 1. The summed E-state index contributed by atoms with van der Waals surface area (Å²) >= 11 is 1.04. The van der Waals surface area contributed by atoms with Crippen LogP contribution in [0.1, 0.15) is 11.1 Å². The Morgan fingerprint density at radius 1 is 1.19 bits per heavy atom. The fourth-order valence-corrected chi connectivity index (χ4v) is 3.85. The molecule has 1 N–H and O–H groups in total. The van der Waals surface area contributed by atoms with E-state index in [-0.39, 0.29) is 16.4 Å². The molecule has 2 amide bonds. The lowest BCUT2D eigenvalue weighted by Crippen LogP contribution is -2.25. The Balaban J connectivity index is 1.36. The van der Waals surface area contributed by atoms with Crippen LogP contribution in [-0.2, 0) is 21.6 Å². The number of epoxide rings is 1. The number of hydrogen-bond donors (Lipinski definition) is 1. The third-order valence-corrected chi connectivity index (χ3v) is 5.65. The number of nitrogens with one attached hydrogen (secondary N) is 1. The van der Waals surface area contributed by atoms with Crippen molar-refractivity contribution in [3.8, 4) is 11.5 Å². The average Bonchev–Trinajstić information content (AvgIpc) is 3.41. The van der Waals surface area contributed by atoms with Crippen LogP contribution in [0.2, 0.25) is 0 Å². The van der Waals surface area contributed by atoms with Crippen LogP contribution in [0.25, 0.3) is 0 Å². The molecule has 0 bridgehead atoms. The molecule has 0 saturated carbocycles. The molecule has 0 spiro atoms. The van der Waals surface area contributed by atoms with E-state index in [1.54, 1.807) is 7.11 Å². The van der Waals surface area contributed by atoms with E-state index in [9.17, 15) is 9.59 Å². The van der Waals surface area contributed by atoms with Crippen molar-refractivity contribution < 1.29 is 23.8 Å². The van der Waals surface area contributed by atoms with Gasteiger partial charge in [-0.05, 0) is 41.8 Å². The smallest absolute Gasteiger partial charge is 0.286 e. The highest BCUT2D eigenvalue weighted by atomic mass is 32.2. The molecule has 2 aliphatic heterocycles. The fraction of sp³-hybridized carbons (Fsp3) is 0.300. The Kier molecular flexibility index (Phi) is 4.80. The molecular weight excluding hydrogens is 366 g/mol. The largest absolute Gasteiger partial charge is 0.497 e. The van der Waals surface area contributed by atoms with E-state index in [1.807, 2.05) is 48.5 Å². The van der Waals surface area contributed by atoms with Gasteiger partial charge in [0.05, 0.1) is 19.0 Å². The van der Waals surface area contributed by atoms with Crippen LogP contribution in [0.4, 0.5) is 4.79 Å². The van der Waals surface area contributed by atoms with E-state index in [0.717, 1.165) is 34.4 Å². The molecular formula is C20H19NO5S. The van der Waals surface area contributed by atoms with Crippen molar-refractivity contribution >= 4 is 22.9 Å². The third-order valence-electron chi connectivity index (χ3n) is 4.67. The minimum atomic E-state index is -0.424. The molecule has 0 aliphatic carbocycles. The summed E-state index contributed by atoms with van der Waals surface area (Å²) in [5, 5.41) is 1.66. The lowest BCUT2D eigenvalue weighted by Gasteiger charge is -2.15. The number of amides is 2. The van der Waals surface area contributed by atoms with Crippen molar-refractivity contribution in [3.63, 3.8) is 0 Å². The summed E-state index contributed by atoms with van der Waals surface area (Å²) < 4.78 is 16.9. The molecule has 7 heteroatoms. The zero-order chi connectivity index (χ0) is 18.9. The van der Waals surface area contributed by atoms with E-state index in [4.69, 9.17) is 14.2 Å². The van der Waals surface area contributed by atoms with E-state index in [0.29, 0.717) is 19.6 Å². The first kappa shape index (κ1) is 17.9. The quantitative estimate of drug-likeness (QED) is 0.739. The van der Waals surface area contributed by atoms with Crippen molar-refractivity contribution in [3.05, 3.63) is 59.7 Å². The van der Waals surface area contributed by atoms with Gasteiger partial charge in [0.25, 0.3) is 5.24 Å². The second-order valence-electron chi connectivity index (χ2n) is 6.53. The average molecular weight is 385 g/mol. The van der Waals surface area contributed by atoms with Crippen LogP contribution in [-0.4, -0.2) is 36.7 Å². The second-order valence-corrected chi connectivity index (χ2v) is 7.71. The Morgan fingerprint density at radius 3 is 2.59 bits per heavy atom. The molecule has 2 aliphatic rings. The number of carbonyl (C=O) groups is 2. The van der Waals surface area contributed by atoms with Gasteiger partial charge >= 0.3 is 0 Å². The molecule has 2 atom stereocenters. The van der Waals surface area contributed by atoms with E-state index >= 15 is 0 Å². The summed E-state index contributed by atoms with van der Waals surface area (Å²) in [6.07, 6.45) is 0.513. The van der Waals surface area contributed by atoms with E-state index in [1.165, 1.54) is 0 Å². The predicted octanol–water partition coefficient (Wildman–Crippen LogP) is 2.89. The Hall–Kier alpha value is -2.51. The van der Waals surface area contributed by atoms with Gasteiger partial charge in [0.15, 0.2) is 5.60 Å². The molecule has 6 nitrogen and oxygen atoms in total. The Bertz CT molecular complexity index is 863. The highest BCUT2D eigenvalue weighted by Crippen LogP contribution is 2.40. The second kappa shape index (κ2) is 7.25. The Labute approximate surface area is 161 Å². The van der Waals surface area contributed by atoms with Crippen LogP contribution in [0.15, 0.2) is 48.5 Å². The molecule has 2 aromatic carbocycles. The molecule has 2 fully saturated rings. The summed E-state index contributed by atoms with van der Waals surface area (Å²) in [5.74, 6) is 1.30. The third kappa shape index (κ3) is 3.94. The highest BCUT2D eigenvalue weighted by Gasteiger charge is 2.47. The maximum absolute atomic E-state index is 11.7. The van der Waals surface area contributed by atoms with Crippen molar-refractivity contribution in [1.29, 1.82) is 0 Å². The topological polar surface area (TPSA) is 77.2 Å². The molecule has 2 saturated heterocycles. The van der Waals surface area contributed by atoms with Crippen molar-refractivity contribution in [2.24, 2.45) is 0 Å². The highest BCUT2D eigenvalue weighted by molar-refractivity contribution is 8.15. The zero-order valence-corrected chi connectivity index (χ0v) is 15.6. The lowest BCUT2D eigenvalue weighted by atomic mass is 10.0. The Morgan fingerprint density at radius 2 is 1.96 bits per heavy atom. The predicted molar refractivity (Wildman–Crippen MR) is 101 cm³/mol. The number of benzene rings is 2. The standard InChI is InChI=1S/C20H19NO5S/c1-24-16-4-2-3-14(10-16)20(12-26-20)11-25-15-7-5-13(6-8-15)9-17-18(22)21-19(23)27-17/h2-8,10,17H,9,11-12H2,1H3,(H,21,22,23). The zero-order valence-electron chi connectivity index (χ0n) is 14.8. The number of carbonyl (C=O) groups excluding carboxylic acids is 2. The first-order valence-corrected chi connectivity index (χ1v) is 9.48. The van der Waals surface area contributed by atoms with Gasteiger partial charge in [-0.3, -0.25) is 14.9 Å². The molecule has 27 heavy (non-hydrogen) atoms. The van der Waals surface area contributed by atoms with E-state index < -0.39 is 5.60 Å². The minimum absolute atomic E-state index is 0.226. The maximum atomic E-state index is 11.7. The molecule has 140 valence electrons. The first-order chi connectivity index (χ1) is 13.1. The number of hydrogen-bond acceptors (Lipinski definition) is 6. The van der Waals surface area contributed by atoms with Gasteiger partial charge in [-0.1, -0.05) is 36.0 Å². The first-order valence-electron chi connectivity index (χ1n) is 8.60. The maximum Gasteiger partial charge on any atom is 0.286 e. The summed E-state index contributed by atoms with van der Waals surface area (Å²) in [6.45, 7) is 1.02. The molecule has 4 rings (SSSR count). The van der Waals surface area contributed by atoms with Crippen LogP contribution in [0, 0.1) is 0 Å². The summed E-state index contributed by atoms with van der Waals surface area (Å²) in [7, 11) is 1.64. The SMILES string of the molecule is COc1cccc(C2(COc3ccc(CC4SC(=O)NC4=O)cc3)CO2)c1. The summed E-state index contributed by atoms with van der Waals surface area (Å²) in [6, 6.07) is 15.4. The number of rotatable bonds is 7. The van der Waals surface area contributed by atoms with Gasteiger partial charge < -0.3 is 14.2 Å². The normalized spacial score (nSPS) is 23.8. The van der Waals surface area contributed by atoms with Crippen LogP contribution >= 0.6 is 11.8 Å². The molecule has 2 unspecified atom stereocenters. The van der Waals surface area contributed by atoms with Crippen LogP contribution < -0.4 is 14.8 Å². The van der Waals surface area contributed by atoms with Crippen LogP contribution in [0.3, 0.4) is 0 Å². The lowest BCUT2D eigenvalue weighted by molar-refractivity contribution is -0.118. The molecule has 0 radical (unpaired) electrons. The molecule has 2 heterocycles. The van der Waals surface area contributed by atoms with Crippen molar-refractivity contribution in [2.45, 2.75) is 17.3 Å². The number of imide groups is 1. The van der Waals surface area contributed by atoms with Crippen LogP contribution in [0.5, 0.6) is 11.5 Å². The number of methoxy groups -OCH3 is 1. The van der Waals surface area contributed by atoms with Crippen molar-refractivity contribution in [2.75, 3.05) is 20.3 Å². The van der Waals surface area contributed by atoms with Gasteiger partial charge in [0.2, 0.25) is 5.91 Å². The van der Waals surface area contributed by atoms with Gasteiger partial charge in [-0.2, -0.15) is 0 Å². The van der Waals surface area contributed by atoms with E-state index in [2.05, 4.69) is 5.32 Å². The molecule has 0 aromatic heterocycles. The van der Waals surface area contributed by atoms with Gasteiger partial charge in [0, 0.05) is 0 Å². The fourth-order valence-electron chi connectivity index (χ4n) is 2.99. The summed E-state index contributed by atoms with van der Waals surface area (Å²) in [4.78, 5) is 22.9. The van der Waals surface area contributed by atoms with Crippen molar-refractivity contribution in [1.82, 2.24) is 5.32 Å². The van der Waals surface area contributed by atoms with Gasteiger partial charge in [0.1, 0.15) is 18.1 Å². The van der Waals surface area contributed by atoms with Gasteiger partial charge in [-0.25, -0.2) is 0 Å².